The SMILES string of the molecule is N#Cc1ccccc1OCCSc1ccc(Cl)c(Cl)c1. The number of halogens is 2. The van der Waals surface area contributed by atoms with Gasteiger partial charge in [-0.2, -0.15) is 5.26 Å². The van der Waals surface area contributed by atoms with Crippen LogP contribution in [0.3, 0.4) is 0 Å². The molecule has 0 atom stereocenters. The highest BCUT2D eigenvalue weighted by Crippen LogP contribution is 2.28. The molecule has 0 fully saturated rings. The van der Waals surface area contributed by atoms with Gasteiger partial charge in [-0.3, -0.25) is 0 Å². The Morgan fingerprint density at radius 2 is 1.90 bits per heavy atom. The van der Waals surface area contributed by atoms with Crippen molar-refractivity contribution in [1.29, 1.82) is 5.26 Å². The smallest absolute Gasteiger partial charge is 0.137 e. The zero-order valence-electron chi connectivity index (χ0n) is 10.5. The van der Waals surface area contributed by atoms with E-state index >= 15 is 0 Å². The number of benzene rings is 2. The third kappa shape index (κ3) is 4.08. The van der Waals surface area contributed by atoms with Gasteiger partial charge < -0.3 is 4.74 Å². The summed E-state index contributed by atoms with van der Waals surface area (Å²) in [6.07, 6.45) is 0. The summed E-state index contributed by atoms with van der Waals surface area (Å²) in [5.41, 5.74) is 0.548. The van der Waals surface area contributed by atoms with Crippen LogP contribution in [0.25, 0.3) is 0 Å². The second-order valence-corrected chi connectivity index (χ2v) is 5.86. The minimum atomic E-state index is 0.517. The maximum atomic E-state index is 8.95. The molecule has 2 rings (SSSR count). The first kappa shape index (κ1) is 15.1. The van der Waals surface area contributed by atoms with Crippen molar-refractivity contribution < 1.29 is 4.74 Å². The first-order chi connectivity index (χ1) is 9.70. The number of rotatable bonds is 5. The molecule has 0 spiro atoms. The molecular formula is C15H11Cl2NOS. The number of ether oxygens (including phenoxy) is 1. The van der Waals surface area contributed by atoms with E-state index in [9.17, 15) is 0 Å². The fraction of sp³-hybridized carbons (Fsp3) is 0.133. The fourth-order valence-corrected chi connectivity index (χ4v) is 2.69. The Labute approximate surface area is 132 Å². The van der Waals surface area contributed by atoms with E-state index in [1.165, 1.54) is 0 Å². The zero-order chi connectivity index (χ0) is 14.4. The minimum absolute atomic E-state index is 0.517. The molecule has 2 aromatic carbocycles. The molecule has 0 saturated heterocycles. The second-order valence-electron chi connectivity index (χ2n) is 3.88. The Morgan fingerprint density at radius 3 is 2.65 bits per heavy atom. The van der Waals surface area contributed by atoms with Gasteiger partial charge in [0.1, 0.15) is 11.8 Å². The van der Waals surface area contributed by atoms with E-state index in [1.807, 2.05) is 24.3 Å². The topological polar surface area (TPSA) is 33.0 Å². The zero-order valence-corrected chi connectivity index (χ0v) is 12.8. The third-order valence-electron chi connectivity index (χ3n) is 2.51. The molecule has 0 bridgehead atoms. The monoisotopic (exact) mass is 323 g/mol. The maximum absolute atomic E-state index is 8.95. The lowest BCUT2D eigenvalue weighted by Gasteiger charge is -2.07. The van der Waals surface area contributed by atoms with Gasteiger partial charge in [-0.1, -0.05) is 35.3 Å². The number of thioether (sulfide) groups is 1. The molecule has 0 N–H and O–H groups in total. The van der Waals surface area contributed by atoms with Crippen molar-refractivity contribution >= 4 is 35.0 Å². The summed E-state index contributed by atoms with van der Waals surface area (Å²) >= 11 is 13.4. The number of hydrogen-bond donors (Lipinski definition) is 0. The summed E-state index contributed by atoms with van der Waals surface area (Å²) in [5, 5.41) is 10.0. The van der Waals surface area contributed by atoms with Crippen molar-refractivity contribution in [3.8, 4) is 11.8 Å². The van der Waals surface area contributed by atoms with Gasteiger partial charge in [-0.15, -0.1) is 11.8 Å². The predicted octanol–water partition coefficient (Wildman–Crippen LogP) is 5.04. The van der Waals surface area contributed by atoms with Crippen molar-refractivity contribution in [3.63, 3.8) is 0 Å². The van der Waals surface area contributed by atoms with Crippen molar-refractivity contribution in [2.45, 2.75) is 4.90 Å². The van der Waals surface area contributed by atoms with E-state index in [1.54, 1.807) is 30.0 Å². The van der Waals surface area contributed by atoms with Crippen LogP contribution in [0, 0.1) is 11.3 Å². The molecule has 0 aromatic heterocycles. The first-order valence-electron chi connectivity index (χ1n) is 5.90. The largest absolute Gasteiger partial charge is 0.491 e. The molecule has 0 aliphatic carbocycles. The summed E-state index contributed by atoms with van der Waals surface area (Å²) in [4.78, 5) is 1.04. The summed E-state index contributed by atoms with van der Waals surface area (Å²) in [7, 11) is 0. The van der Waals surface area contributed by atoms with Crippen LogP contribution >= 0.6 is 35.0 Å². The van der Waals surface area contributed by atoms with Crippen LogP contribution in [0.15, 0.2) is 47.4 Å². The van der Waals surface area contributed by atoms with Crippen LogP contribution in [0.5, 0.6) is 5.75 Å². The van der Waals surface area contributed by atoms with Gasteiger partial charge in [0.25, 0.3) is 0 Å². The van der Waals surface area contributed by atoms with Crippen molar-refractivity contribution in [1.82, 2.24) is 0 Å². The molecule has 102 valence electrons. The molecule has 0 amide bonds. The van der Waals surface area contributed by atoms with Crippen LogP contribution in [-0.2, 0) is 0 Å². The van der Waals surface area contributed by atoms with Crippen LogP contribution in [0.2, 0.25) is 10.0 Å². The molecule has 2 aromatic rings. The highest BCUT2D eigenvalue weighted by molar-refractivity contribution is 7.99. The van der Waals surface area contributed by atoms with Crippen molar-refractivity contribution in [2.24, 2.45) is 0 Å². The Morgan fingerprint density at radius 1 is 1.10 bits per heavy atom. The second kappa shape index (κ2) is 7.44. The average molecular weight is 324 g/mol. The fourth-order valence-electron chi connectivity index (χ4n) is 1.56. The minimum Gasteiger partial charge on any atom is -0.491 e. The maximum Gasteiger partial charge on any atom is 0.137 e. The Hall–Kier alpha value is -1.34. The molecule has 0 aliphatic heterocycles. The van der Waals surface area contributed by atoms with Gasteiger partial charge in [-0.05, 0) is 30.3 Å². The van der Waals surface area contributed by atoms with Crippen LogP contribution in [-0.4, -0.2) is 12.4 Å². The summed E-state index contributed by atoms with van der Waals surface area (Å²) < 4.78 is 5.60. The van der Waals surface area contributed by atoms with E-state index in [2.05, 4.69) is 6.07 Å². The lowest BCUT2D eigenvalue weighted by Crippen LogP contribution is -2.01. The third-order valence-corrected chi connectivity index (χ3v) is 4.21. The van der Waals surface area contributed by atoms with E-state index in [4.69, 9.17) is 33.2 Å². The molecule has 0 unspecified atom stereocenters. The van der Waals surface area contributed by atoms with Gasteiger partial charge in [0.15, 0.2) is 0 Å². The number of hydrogen-bond acceptors (Lipinski definition) is 3. The Bertz CT molecular complexity index is 640. The van der Waals surface area contributed by atoms with Crippen LogP contribution < -0.4 is 4.74 Å². The molecule has 20 heavy (non-hydrogen) atoms. The Balaban J connectivity index is 1.85. The average Bonchev–Trinajstić information content (AvgIpc) is 2.47. The lowest BCUT2D eigenvalue weighted by atomic mass is 10.2. The first-order valence-corrected chi connectivity index (χ1v) is 7.64. The summed E-state index contributed by atoms with van der Waals surface area (Å²) in [6, 6.07) is 14.8. The van der Waals surface area contributed by atoms with Crippen LogP contribution in [0.1, 0.15) is 5.56 Å². The summed E-state index contributed by atoms with van der Waals surface area (Å²) in [6.45, 7) is 0.517. The normalized spacial score (nSPS) is 10.1. The number of nitriles is 1. The molecule has 5 heteroatoms. The van der Waals surface area contributed by atoms with E-state index in [0.29, 0.717) is 28.0 Å². The van der Waals surface area contributed by atoms with Gasteiger partial charge in [0, 0.05) is 10.6 Å². The van der Waals surface area contributed by atoms with Gasteiger partial charge >= 0.3 is 0 Å². The quantitative estimate of drug-likeness (QED) is 0.571. The highest BCUT2D eigenvalue weighted by atomic mass is 35.5. The molecule has 0 aliphatic rings. The molecule has 0 radical (unpaired) electrons. The molecule has 0 heterocycles. The van der Waals surface area contributed by atoms with E-state index < -0.39 is 0 Å². The van der Waals surface area contributed by atoms with Gasteiger partial charge in [0.05, 0.1) is 22.2 Å². The predicted molar refractivity (Wildman–Crippen MR) is 83.8 cm³/mol. The van der Waals surface area contributed by atoms with E-state index in [-0.39, 0.29) is 0 Å². The molecule has 2 nitrogen and oxygen atoms in total. The summed E-state index contributed by atoms with van der Waals surface area (Å²) in [5.74, 6) is 1.38. The standard InChI is InChI=1S/C15H11Cl2NOS/c16-13-6-5-12(9-14(13)17)20-8-7-19-15-4-2-1-3-11(15)10-18/h1-6,9H,7-8H2. The Kier molecular flexibility index (Phi) is 5.60. The van der Waals surface area contributed by atoms with Crippen molar-refractivity contribution in [2.75, 3.05) is 12.4 Å². The molecule has 0 saturated carbocycles. The lowest BCUT2D eigenvalue weighted by molar-refractivity contribution is 0.343. The van der Waals surface area contributed by atoms with Gasteiger partial charge in [0.2, 0.25) is 0 Å². The highest BCUT2D eigenvalue weighted by Gasteiger charge is 2.03. The van der Waals surface area contributed by atoms with Crippen molar-refractivity contribution in [3.05, 3.63) is 58.1 Å². The van der Waals surface area contributed by atoms with Gasteiger partial charge in [-0.25, -0.2) is 0 Å². The van der Waals surface area contributed by atoms with Crippen LogP contribution in [0.4, 0.5) is 0 Å². The number of nitrogens with zero attached hydrogens (tertiary/aromatic N) is 1. The van der Waals surface area contributed by atoms with E-state index in [0.717, 1.165) is 10.6 Å². The molecular weight excluding hydrogens is 313 g/mol. The number of para-hydroxylation sites is 1.